The van der Waals surface area contributed by atoms with Crippen LogP contribution in [0, 0.1) is 0 Å². The largest absolute Gasteiger partial charge is 0.399 e. The summed E-state index contributed by atoms with van der Waals surface area (Å²) < 4.78 is 0. The van der Waals surface area contributed by atoms with Crippen molar-refractivity contribution in [2.24, 2.45) is 5.73 Å². The van der Waals surface area contributed by atoms with Crippen LogP contribution in [0.25, 0.3) is 52.4 Å². The summed E-state index contributed by atoms with van der Waals surface area (Å²) in [5.41, 5.74) is 22.1. The molecular formula is C47H42N8Ru. The van der Waals surface area contributed by atoms with Crippen LogP contribution in [0.5, 0.6) is 0 Å². The van der Waals surface area contributed by atoms with E-state index in [1.165, 1.54) is 0 Å². The monoisotopic (exact) mass is 820 g/mol. The number of anilines is 1. The number of pyridine rings is 6. The van der Waals surface area contributed by atoms with Crippen LogP contribution in [0.2, 0.25) is 0 Å². The minimum absolute atomic E-state index is 0. The Hall–Kier alpha value is -6.54. The van der Waals surface area contributed by atoms with Crippen molar-refractivity contribution in [2.75, 3.05) is 5.73 Å². The molecule has 278 valence electrons. The van der Waals surface area contributed by atoms with Crippen LogP contribution in [0.15, 0.2) is 188 Å². The molecule has 1 atom stereocenters. The Morgan fingerprint density at radius 2 is 0.893 bits per heavy atom. The van der Waals surface area contributed by atoms with E-state index in [-0.39, 0.29) is 25.0 Å². The van der Waals surface area contributed by atoms with E-state index in [0.717, 1.165) is 68.5 Å². The van der Waals surface area contributed by atoms with Gasteiger partial charge in [-0.15, -0.1) is 0 Å². The third-order valence-corrected chi connectivity index (χ3v) is 8.32. The molecular weight excluding hydrogens is 778 g/mol. The number of nitrogens with two attached hydrogens (primary N) is 2. The van der Waals surface area contributed by atoms with Gasteiger partial charge in [-0.3, -0.25) is 29.9 Å². The van der Waals surface area contributed by atoms with Crippen molar-refractivity contribution in [3.63, 3.8) is 0 Å². The first-order valence-corrected chi connectivity index (χ1v) is 17.9. The molecule has 4 N–H and O–H groups in total. The molecule has 0 aliphatic heterocycles. The van der Waals surface area contributed by atoms with Gasteiger partial charge in [0.1, 0.15) is 0 Å². The molecule has 9 heteroatoms. The second-order valence-electron chi connectivity index (χ2n) is 12.9. The maximum Gasteiger partial charge on any atom is 0.0892 e. The summed E-state index contributed by atoms with van der Waals surface area (Å²) in [6.07, 6.45) is 26.1. The molecule has 1 aliphatic carbocycles. The number of nitrogen functional groups attached to an aromatic ring is 1. The molecule has 0 saturated carbocycles. The summed E-state index contributed by atoms with van der Waals surface area (Å²) in [4.78, 5) is 25.8. The summed E-state index contributed by atoms with van der Waals surface area (Å²) in [6.45, 7) is 2.03. The second-order valence-corrected chi connectivity index (χ2v) is 12.9. The van der Waals surface area contributed by atoms with Crippen molar-refractivity contribution < 1.29 is 19.5 Å². The fourth-order valence-electron chi connectivity index (χ4n) is 5.31. The maximum absolute atomic E-state index is 6.12. The second kappa shape index (κ2) is 20.8. The fraction of sp³-hybridized carbons (Fsp3) is 0.0638. The molecule has 0 amide bonds. The average Bonchev–Trinajstić information content (AvgIpc) is 3.25. The molecule has 0 saturated heterocycles. The van der Waals surface area contributed by atoms with Gasteiger partial charge in [-0.05, 0) is 121 Å². The molecule has 1 aromatic carbocycles. The van der Waals surface area contributed by atoms with Crippen molar-refractivity contribution in [3.8, 4) is 34.2 Å². The van der Waals surface area contributed by atoms with E-state index in [0.29, 0.717) is 0 Å². The number of allylic oxidation sites excluding steroid dienone is 3. The molecule has 7 aromatic rings. The third kappa shape index (κ3) is 12.8. The van der Waals surface area contributed by atoms with Crippen LogP contribution in [0.4, 0.5) is 5.69 Å². The molecule has 0 spiro atoms. The molecule has 1 unspecified atom stereocenters. The summed E-state index contributed by atoms with van der Waals surface area (Å²) in [7, 11) is 0. The first-order chi connectivity index (χ1) is 26.9. The summed E-state index contributed by atoms with van der Waals surface area (Å²) >= 11 is 0. The summed E-state index contributed by atoms with van der Waals surface area (Å²) in [6, 6.07) is 39.0. The first-order valence-electron chi connectivity index (χ1n) is 17.9. The van der Waals surface area contributed by atoms with Gasteiger partial charge in [-0.2, -0.15) is 0 Å². The molecule has 0 fully saturated rings. The SMILES string of the molecule is CC1(N)C=CC(/C=C/c2ccnc(-c3cc(/C=C/c4ccc(N)cc4)ccn3)c2)=CC1.[Ru].c1ccc(-c2ccccn2)nc1.c1ccc(-c2ccccn2)nc1. The Bertz CT molecular complexity index is 2210. The van der Waals surface area contributed by atoms with Crippen LogP contribution < -0.4 is 11.5 Å². The Morgan fingerprint density at radius 3 is 1.29 bits per heavy atom. The van der Waals surface area contributed by atoms with Gasteiger partial charge in [0, 0.05) is 67.9 Å². The maximum atomic E-state index is 6.12. The van der Waals surface area contributed by atoms with Crippen LogP contribution in [-0.4, -0.2) is 35.4 Å². The summed E-state index contributed by atoms with van der Waals surface area (Å²) in [5, 5.41) is 0. The Balaban J connectivity index is 0.000000195. The molecule has 8 rings (SSSR count). The Morgan fingerprint density at radius 1 is 0.482 bits per heavy atom. The van der Waals surface area contributed by atoms with Crippen LogP contribution in [0.3, 0.4) is 0 Å². The predicted molar refractivity (Wildman–Crippen MR) is 226 cm³/mol. The fourth-order valence-corrected chi connectivity index (χ4v) is 5.31. The van der Waals surface area contributed by atoms with Gasteiger partial charge >= 0.3 is 0 Å². The van der Waals surface area contributed by atoms with Crippen LogP contribution >= 0.6 is 0 Å². The number of aromatic nitrogens is 6. The normalized spacial score (nSPS) is 14.4. The molecule has 56 heavy (non-hydrogen) atoms. The first kappa shape index (κ1) is 40.6. The molecule has 6 aromatic heterocycles. The van der Waals surface area contributed by atoms with Crippen molar-refractivity contribution in [2.45, 2.75) is 18.9 Å². The van der Waals surface area contributed by atoms with Crippen LogP contribution in [-0.2, 0) is 19.5 Å². The van der Waals surface area contributed by atoms with Crippen molar-refractivity contribution in [1.29, 1.82) is 0 Å². The smallest absolute Gasteiger partial charge is 0.0892 e. The van der Waals surface area contributed by atoms with Gasteiger partial charge in [0.2, 0.25) is 0 Å². The van der Waals surface area contributed by atoms with E-state index in [2.05, 4.69) is 72.4 Å². The number of hydrogen-bond donors (Lipinski definition) is 2. The number of hydrogen-bond acceptors (Lipinski definition) is 8. The number of benzene rings is 1. The van der Waals surface area contributed by atoms with Crippen molar-refractivity contribution in [3.05, 3.63) is 205 Å². The van der Waals surface area contributed by atoms with Gasteiger partial charge in [0.25, 0.3) is 0 Å². The zero-order valence-electron chi connectivity index (χ0n) is 31.0. The van der Waals surface area contributed by atoms with E-state index >= 15 is 0 Å². The van der Waals surface area contributed by atoms with Gasteiger partial charge in [0.15, 0.2) is 0 Å². The van der Waals surface area contributed by atoms with Gasteiger partial charge in [-0.25, -0.2) is 0 Å². The molecule has 0 radical (unpaired) electrons. The third-order valence-electron chi connectivity index (χ3n) is 8.32. The zero-order valence-corrected chi connectivity index (χ0v) is 32.7. The standard InChI is InChI=1S/C27H26N4.2C10H8N2.Ru/c1-27(29)14-10-21(11-15-27)3-5-23-13-17-31-26(19-23)25-18-22(12-16-30-25)4-2-20-6-8-24(28)9-7-20;2*1-3-7-11-9(5-1)10-6-2-4-8-12-10;/h2-14,16-19H,15,28-29H2,1H3;2*1-8H;/b4-2+,5-3+;;;. The molecule has 6 heterocycles. The number of rotatable bonds is 7. The molecule has 1 aliphatic rings. The topological polar surface area (TPSA) is 129 Å². The zero-order chi connectivity index (χ0) is 38.1. The molecule has 8 nitrogen and oxygen atoms in total. The summed E-state index contributed by atoms with van der Waals surface area (Å²) in [5.74, 6) is 0. The van der Waals surface area contributed by atoms with E-state index in [4.69, 9.17) is 11.5 Å². The quantitative estimate of drug-likeness (QED) is 0.120. The van der Waals surface area contributed by atoms with Gasteiger partial charge < -0.3 is 11.5 Å². The minimum Gasteiger partial charge on any atom is -0.399 e. The Labute approximate surface area is 341 Å². The number of nitrogens with zero attached hydrogens (tertiary/aromatic N) is 6. The van der Waals surface area contributed by atoms with E-state index in [1.54, 1.807) is 24.8 Å². The minimum atomic E-state index is -0.250. The molecule has 0 bridgehead atoms. The van der Waals surface area contributed by atoms with E-state index < -0.39 is 0 Å². The Kier molecular flexibility index (Phi) is 15.1. The average molecular weight is 820 g/mol. The van der Waals surface area contributed by atoms with Gasteiger partial charge in [0.05, 0.1) is 34.2 Å². The van der Waals surface area contributed by atoms with E-state index in [1.807, 2.05) is 141 Å². The predicted octanol–water partition coefficient (Wildman–Crippen LogP) is 9.80. The van der Waals surface area contributed by atoms with Crippen molar-refractivity contribution in [1.82, 2.24) is 29.9 Å². The van der Waals surface area contributed by atoms with Crippen LogP contribution in [0.1, 0.15) is 30.0 Å². The van der Waals surface area contributed by atoms with Gasteiger partial charge in [-0.1, -0.05) is 78.9 Å². The van der Waals surface area contributed by atoms with E-state index in [9.17, 15) is 0 Å². The van der Waals surface area contributed by atoms with Crippen molar-refractivity contribution >= 4 is 23.9 Å².